The molecule has 2 heterocycles. The van der Waals surface area contributed by atoms with Crippen LogP contribution in [0.25, 0.3) is 0 Å². The first kappa shape index (κ1) is 13.8. The van der Waals surface area contributed by atoms with Gasteiger partial charge in [-0.05, 0) is 20.3 Å². The minimum absolute atomic E-state index is 0.00121. The Morgan fingerprint density at radius 3 is 2.58 bits per heavy atom. The second-order valence-corrected chi connectivity index (χ2v) is 4.59. The Bertz CT molecular complexity index is 410. The van der Waals surface area contributed by atoms with Crippen molar-refractivity contribution < 1.29 is 14.2 Å². The summed E-state index contributed by atoms with van der Waals surface area (Å²) in [6.45, 7) is 7.85. The minimum atomic E-state index is 0.00121. The van der Waals surface area contributed by atoms with E-state index in [1.807, 2.05) is 13.8 Å². The van der Waals surface area contributed by atoms with Crippen LogP contribution in [0.5, 0.6) is 12.0 Å². The van der Waals surface area contributed by atoms with E-state index in [1.165, 1.54) is 0 Å². The third-order valence-electron chi connectivity index (χ3n) is 2.35. The molecule has 1 fully saturated rings. The third-order valence-corrected chi connectivity index (χ3v) is 2.35. The van der Waals surface area contributed by atoms with Crippen LogP contribution in [0.4, 0.5) is 5.95 Å². The number of nitrogens with one attached hydrogen (secondary N) is 1. The van der Waals surface area contributed by atoms with Gasteiger partial charge in [-0.25, -0.2) is 0 Å². The molecule has 0 atom stereocenters. The highest BCUT2D eigenvalue weighted by atomic mass is 16.6. The van der Waals surface area contributed by atoms with Gasteiger partial charge < -0.3 is 19.5 Å². The Morgan fingerprint density at radius 2 is 2.00 bits per heavy atom. The number of rotatable bonds is 7. The molecule has 19 heavy (non-hydrogen) atoms. The fourth-order valence-corrected chi connectivity index (χ4v) is 1.40. The number of anilines is 1. The lowest BCUT2D eigenvalue weighted by Gasteiger charge is -2.25. The van der Waals surface area contributed by atoms with Gasteiger partial charge in [-0.1, -0.05) is 6.92 Å². The summed E-state index contributed by atoms with van der Waals surface area (Å²) in [5.74, 6) is 0.475. The monoisotopic (exact) mass is 268 g/mol. The zero-order chi connectivity index (χ0) is 13.7. The van der Waals surface area contributed by atoms with Gasteiger partial charge in [0.2, 0.25) is 5.95 Å². The summed E-state index contributed by atoms with van der Waals surface area (Å²) in [5, 5.41) is 3.10. The minimum Gasteiger partial charge on any atom is -0.461 e. The average Bonchev–Trinajstić information content (AvgIpc) is 2.30. The highest BCUT2D eigenvalue weighted by Crippen LogP contribution is 2.17. The quantitative estimate of drug-likeness (QED) is 0.797. The first-order chi connectivity index (χ1) is 9.17. The summed E-state index contributed by atoms with van der Waals surface area (Å²) >= 11 is 0. The molecular weight excluding hydrogens is 248 g/mol. The average molecular weight is 268 g/mol. The maximum Gasteiger partial charge on any atom is 0.324 e. The predicted octanol–water partition coefficient (Wildman–Crippen LogP) is 1.26. The van der Waals surface area contributed by atoms with E-state index in [-0.39, 0.29) is 24.2 Å². The molecule has 106 valence electrons. The lowest BCUT2D eigenvalue weighted by atomic mass is 10.3. The van der Waals surface area contributed by atoms with Gasteiger partial charge in [0, 0.05) is 6.54 Å². The van der Waals surface area contributed by atoms with Crippen LogP contribution < -0.4 is 14.8 Å². The molecule has 7 heteroatoms. The van der Waals surface area contributed by atoms with Crippen LogP contribution >= 0.6 is 0 Å². The highest BCUT2D eigenvalue weighted by molar-refractivity contribution is 5.27. The van der Waals surface area contributed by atoms with Crippen LogP contribution in [0.1, 0.15) is 27.2 Å². The number of aromatic nitrogens is 3. The van der Waals surface area contributed by atoms with Crippen LogP contribution in [-0.4, -0.2) is 46.9 Å². The van der Waals surface area contributed by atoms with Gasteiger partial charge in [-0.2, -0.15) is 9.97 Å². The van der Waals surface area contributed by atoms with E-state index in [9.17, 15) is 0 Å². The standard InChI is InChI=1S/C12H20N4O3/c1-4-5-13-10-14-11(18-8(2)3)16-12(15-10)19-9-6-17-7-9/h8-9H,4-7H2,1-3H3,(H,13,14,15,16). The Balaban J connectivity index is 2.09. The molecule has 0 unspecified atom stereocenters. The van der Waals surface area contributed by atoms with E-state index in [2.05, 4.69) is 27.2 Å². The van der Waals surface area contributed by atoms with Crippen molar-refractivity contribution in [1.29, 1.82) is 0 Å². The molecule has 1 saturated heterocycles. The van der Waals surface area contributed by atoms with Crippen molar-refractivity contribution in [1.82, 2.24) is 15.0 Å². The molecule has 0 bridgehead atoms. The molecule has 2 rings (SSSR count). The maximum absolute atomic E-state index is 5.59. The SMILES string of the molecule is CCCNc1nc(OC(C)C)nc(OC2COC2)n1. The zero-order valence-electron chi connectivity index (χ0n) is 11.5. The second-order valence-electron chi connectivity index (χ2n) is 4.59. The molecule has 1 N–H and O–H groups in total. The third kappa shape index (κ3) is 4.20. The lowest BCUT2D eigenvalue weighted by Crippen LogP contribution is -2.39. The van der Waals surface area contributed by atoms with E-state index >= 15 is 0 Å². The Morgan fingerprint density at radius 1 is 1.26 bits per heavy atom. The second kappa shape index (κ2) is 6.51. The molecular formula is C12H20N4O3. The largest absolute Gasteiger partial charge is 0.461 e. The molecule has 1 aliphatic heterocycles. The molecule has 1 aromatic heterocycles. The summed E-state index contributed by atoms with van der Waals surface area (Å²) in [5.41, 5.74) is 0. The zero-order valence-corrected chi connectivity index (χ0v) is 11.5. The summed E-state index contributed by atoms with van der Waals surface area (Å²) < 4.78 is 16.1. The molecule has 0 spiro atoms. The van der Waals surface area contributed by atoms with Crippen molar-refractivity contribution in [3.63, 3.8) is 0 Å². The molecule has 0 aromatic carbocycles. The van der Waals surface area contributed by atoms with E-state index in [0.29, 0.717) is 19.2 Å². The van der Waals surface area contributed by atoms with Gasteiger partial charge in [0.15, 0.2) is 0 Å². The molecule has 0 saturated carbocycles. The first-order valence-corrected chi connectivity index (χ1v) is 6.58. The summed E-state index contributed by atoms with van der Waals surface area (Å²) in [6, 6.07) is 0.552. The molecule has 1 aliphatic rings. The van der Waals surface area contributed by atoms with Crippen LogP contribution in [0.2, 0.25) is 0 Å². The summed E-state index contributed by atoms with van der Waals surface area (Å²) in [6.07, 6.45) is 1.01. The van der Waals surface area contributed by atoms with Crippen LogP contribution in [0, 0.1) is 0 Å². The fraction of sp³-hybridized carbons (Fsp3) is 0.750. The molecule has 7 nitrogen and oxygen atoms in total. The Hall–Kier alpha value is -1.63. The van der Waals surface area contributed by atoms with Gasteiger partial charge >= 0.3 is 12.0 Å². The Kier molecular flexibility index (Phi) is 4.73. The number of hydrogen-bond donors (Lipinski definition) is 1. The molecule has 0 aliphatic carbocycles. The van der Waals surface area contributed by atoms with Gasteiger partial charge in [0.1, 0.15) is 6.10 Å². The number of hydrogen-bond acceptors (Lipinski definition) is 7. The van der Waals surface area contributed by atoms with Crippen molar-refractivity contribution in [2.75, 3.05) is 25.1 Å². The van der Waals surface area contributed by atoms with Crippen LogP contribution in [-0.2, 0) is 4.74 Å². The topological polar surface area (TPSA) is 78.4 Å². The lowest BCUT2D eigenvalue weighted by molar-refractivity contribution is -0.0833. The van der Waals surface area contributed by atoms with Gasteiger partial charge in [-0.3, -0.25) is 0 Å². The number of nitrogens with zero attached hydrogens (tertiary/aromatic N) is 3. The van der Waals surface area contributed by atoms with Crippen molar-refractivity contribution >= 4 is 5.95 Å². The Labute approximate surface area is 112 Å². The molecule has 0 amide bonds. The smallest absolute Gasteiger partial charge is 0.324 e. The van der Waals surface area contributed by atoms with E-state index < -0.39 is 0 Å². The predicted molar refractivity (Wildman–Crippen MR) is 69.6 cm³/mol. The summed E-state index contributed by atoms with van der Waals surface area (Å²) in [4.78, 5) is 12.5. The number of ether oxygens (including phenoxy) is 3. The van der Waals surface area contributed by atoms with Crippen molar-refractivity contribution in [2.45, 2.75) is 39.4 Å². The van der Waals surface area contributed by atoms with E-state index in [1.54, 1.807) is 0 Å². The first-order valence-electron chi connectivity index (χ1n) is 6.58. The maximum atomic E-state index is 5.59. The highest BCUT2D eigenvalue weighted by Gasteiger charge is 2.22. The van der Waals surface area contributed by atoms with Crippen LogP contribution in [0.15, 0.2) is 0 Å². The van der Waals surface area contributed by atoms with Crippen LogP contribution in [0.3, 0.4) is 0 Å². The van der Waals surface area contributed by atoms with Crippen molar-refractivity contribution in [3.8, 4) is 12.0 Å². The van der Waals surface area contributed by atoms with Gasteiger partial charge in [-0.15, -0.1) is 4.98 Å². The van der Waals surface area contributed by atoms with Crippen molar-refractivity contribution in [2.24, 2.45) is 0 Å². The molecule has 0 radical (unpaired) electrons. The fourth-order valence-electron chi connectivity index (χ4n) is 1.40. The van der Waals surface area contributed by atoms with E-state index in [4.69, 9.17) is 14.2 Å². The normalized spacial score (nSPS) is 15.2. The molecule has 1 aromatic rings. The van der Waals surface area contributed by atoms with Crippen molar-refractivity contribution in [3.05, 3.63) is 0 Å². The van der Waals surface area contributed by atoms with E-state index in [0.717, 1.165) is 13.0 Å². The summed E-state index contributed by atoms with van der Waals surface area (Å²) in [7, 11) is 0. The van der Waals surface area contributed by atoms with Gasteiger partial charge in [0.05, 0.1) is 19.3 Å². The van der Waals surface area contributed by atoms with Gasteiger partial charge in [0.25, 0.3) is 0 Å².